The minimum absolute atomic E-state index is 0.302. The second-order valence-corrected chi connectivity index (χ2v) is 6.63. The first kappa shape index (κ1) is 14.3. The maximum absolute atomic E-state index is 5.97. The molecule has 1 N–H and O–H groups in total. The Kier molecular flexibility index (Phi) is 4.39. The van der Waals surface area contributed by atoms with Gasteiger partial charge in [-0.25, -0.2) is 4.98 Å². The van der Waals surface area contributed by atoms with Crippen molar-refractivity contribution >= 4 is 22.9 Å². The predicted octanol–water partition coefficient (Wildman–Crippen LogP) is 4.44. The Bertz CT molecular complexity index is 689. The van der Waals surface area contributed by atoms with E-state index >= 15 is 0 Å². The third-order valence-electron chi connectivity index (χ3n) is 3.37. The van der Waals surface area contributed by atoms with E-state index in [1.807, 2.05) is 16.8 Å². The Hall–Kier alpha value is -1.62. The lowest BCUT2D eigenvalue weighted by Crippen LogP contribution is -2.17. The van der Waals surface area contributed by atoms with E-state index in [9.17, 15) is 0 Å². The third kappa shape index (κ3) is 3.53. The van der Waals surface area contributed by atoms with E-state index in [-0.39, 0.29) is 0 Å². The van der Waals surface area contributed by atoms with Crippen molar-refractivity contribution in [3.05, 3.63) is 69.9 Å². The molecular formula is C16H16ClN3S. The molecule has 0 saturated carbocycles. The van der Waals surface area contributed by atoms with Gasteiger partial charge in [0.05, 0.1) is 10.7 Å². The number of imidazole rings is 1. The number of hydrogen-bond donors (Lipinski definition) is 1. The summed E-state index contributed by atoms with van der Waals surface area (Å²) < 4.78 is 2.83. The standard InChI is InChI=1S/C16H16ClN3S/c1-12(15-6-7-16(17)21-15)19-10-13-2-4-14(5-3-13)20-9-8-18-11-20/h2-9,11-12,19H,10H2,1H3. The highest BCUT2D eigenvalue weighted by Crippen LogP contribution is 2.26. The summed E-state index contributed by atoms with van der Waals surface area (Å²) in [5.74, 6) is 0. The monoisotopic (exact) mass is 317 g/mol. The number of benzene rings is 1. The van der Waals surface area contributed by atoms with E-state index in [1.165, 1.54) is 10.4 Å². The Morgan fingerprint density at radius 1 is 1.24 bits per heavy atom. The van der Waals surface area contributed by atoms with Crippen molar-refractivity contribution < 1.29 is 0 Å². The molecular weight excluding hydrogens is 302 g/mol. The van der Waals surface area contributed by atoms with Crippen molar-refractivity contribution in [2.75, 3.05) is 0 Å². The van der Waals surface area contributed by atoms with Gasteiger partial charge >= 0.3 is 0 Å². The summed E-state index contributed by atoms with van der Waals surface area (Å²) in [6.45, 7) is 2.99. The second-order valence-electron chi connectivity index (χ2n) is 4.88. The SMILES string of the molecule is CC(NCc1ccc(-n2ccnc2)cc1)c1ccc(Cl)s1. The van der Waals surface area contributed by atoms with Crippen LogP contribution in [0.1, 0.15) is 23.4 Å². The molecule has 0 saturated heterocycles. The molecule has 2 aromatic heterocycles. The van der Waals surface area contributed by atoms with Gasteiger partial charge in [-0.2, -0.15) is 0 Å². The molecule has 0 aliphatic carbocycles. The molecule has 3 rings (SSSR count). The average molecular weight is 318 g/mol. The van der Waals surface area contributed by atoms with E-state index in [1.54, 1.807) is 23.9 Å². The van der Waals surface area contributed by atoms with Crippen molar-refractivity contribution in [3.8, 4) is 5.69 Å². The third-order valence-corrected chi connectivity index (χ3v) is 4.79. The summed E-state index contributed by atoms with van der Waals surface area (Å²) in [5, 5.41) is 3.52. The van der Waals surface area contributed by atoms with Crippen molar-refractivity contribution in [2.24, 2.45) is 0 Å². The molecule has 0 spiro atoms. The zero-order valence-corrected chi connectivity index (χ0v) is 13.2. The van der Waals surface area contributed by atoms with E-state index in [2.05, 4.69) is 47.6 Å². The first-order valence-electron chi connectivity index (χ1n) is 6.78. The number of thiophene rings is 1. The first-order chi connectivity index (χ1) is 10.2. The fourth-order valence-electron chi connectivity index (χ4n) is 2.13. The summed E-state index contributed by atoms with van der Waals surface area (Å²) in [4.78, 5) is 5.32. The summed E-state index contributed by atoms with van der Waals surface area (Å²) in [6.07, 6.45) is 5.52. The topological polar surface area (TPSA) is 29.9 Å². The fourth-order valence-corrected chi connectivity index (χ4v) is 3.22. The average Bonchev–Trinajstić information content (AvgIpc) is 3.16. The maximum atomic E-state index is 5.97. The van der Waals surface area contributed by atoms with Crippen LogP contribution in [0.15, 0.2) is 55.1 Å². The van der Waals surface area contributed by atoms with Gasteiger partial charge in [0.1, 0.15) is 0 Å². The summed E-state index contributed by atoms with van der Waals surface area (Å²) in [6, 6.07) is 12.8. The van der Waals surface area contributed by atoms with Gasteiger partial charge < -0.3 is 9.88 Å². The molecule has 1 aromatic carbocycles. The molecule has 2 heterocycles. The van der Waals surface area contributed by atoms with Gasteiger partial charge in [-0.15, -0.1) is 11.3 Å². The molecule has 1 atom stereocenters. The van der Waals surface area contributed by atoms with Crippen molar-refractivity contribution in [2.45, 2.75) is 19.5 Å². The van der Waals surface area contributed by atoms with E-state index < -0.39 is 0 Å². The van der Waals surface area contributed by atoms with Crippen LogP contribution in [0.4, 0.5) is 0 Å². The molecule has 3 nitrogen and oxygen atoms in total. The van der Waals surface area contributed by atoms with Gasteiger partial charge in [0.2, 0.25) is 0 Å². The van der Waals surface area contributed by atoms with Crippen LogP contribution in [0, 0.1) is 0 Å². The lowest BCUT2D eigenvalue weighted by molar-refractivity contribution is 0.583. The molecule has 3 aromatic rings. The summed E-state index contributed by atoms with van der Waals surface area (Å²) >= 11 is 7.60. The zero-order valence-electron chi connectivity index (χ0n) is 11.7. The van der Waals surface area contributed by atoms with Gasteiger partial charge in [-0.1, -0.05) is 23.7 Å². The van der Waals surface area contributed by atoms with Crippen LogP contribution >= 0.6 is 22.9 Å². The van der Waals surface area contributed by atoms with Gasteiger partial charge in [-0.3, -0.25) is 0 Å². The van der Waals surface area contributed by atoms with Crippen LogP contribution in [0.3, 0.4) is 0 Å². The maximum Gasteiger partial charge on any atom is 0.0991 e. The number of nitrogens with zero attached hydrogens (tertiary/aromatic N) is 2. The molecule has 0 bridgehead atoms. The highest BCUT2D eigenvalue weighted by molar-refractivity contribution is 7.16. The van der Waals surface area contributed by atoms with Crippen LogP contribution in [-0.4, -0.2) is 9.55 Å². The highest BCUT2D eigenvalue weighted by atomic mass is 35.5. The first-order valence-corrected chi connectivity index (χ1v) is 7.98. The molecule has 5 heteroatoms. The molecule has 0 fully saturated rings. The number of halogens is 1. The summed E-state index contributed by atoms with van der Waals surface area (Å²) in [5.41, 5.74) is 2.38. The van der Waals surface area contributed by atoms with Gasteiger partial charge in [0.25, 0.3) is 0 Å². The quantitative estimate of drug-likeness (QED) is 0.754. The molecule has 0 aliphatic heterocycles. The van der Waals surface area contributed by atoms with Crippen molar-refractivity contribution in [1.82, 2.24) is 14.9 Å². The normalized spacial score (nSPS) is 12.5. The van der Waals surface area contributed by atoms with E-state index in [4.69, 9.17) is 11.6 Å². The van der Waals surface area contributed by atoms with Crippen LogP contribution in [0.2, 0.25) is 4.34 Å². The zero-order chi connectivity index (χ0) is 14.7. The number of rotatable bonds is 5. The van der Waals surface area contributed by atoms with Gasteiger partial charge in [-0.05, 0) is 36.8 Å². The van der Waals surface area contributed by atoms with Crippen LogP contribution in [0.25, 0.3) is 5.69 Å². The van der Waals surface area contributed by atoms with Crippen LogP contribution in [-0.2, 0) is 6.54 Å². The smallest absolute Gasteiger partial charge is 0.0991 e. The largest absolute Gasteiger partial charge is 0.306 e. The second kappa shape index (κ2) is 6.43. The van der Waals surface area contributed by atoms with E-state index in [0.717, 1.165) is 16.6 Å². The van der Waals surface area contributed by atoms with Crippen LogP contribution < -0.4 is 5.32 Å². The fraction of sp³-hybridized carbons (Fsp3) is 0.188. The lowest BCUT2D eigenvalue weighted by atomic mass is 10.2. The molecule has 108 valence electrons. The van der Waals surface area contributed by atoms with Gasteiger partial charge in [0, 0.05) is 35.5 Å². The predicted molar refractivity (Wildman–Crippen MR) is 88.1 cm³/mol. The Balaban J connectivity index is 1.61. The summed E-state index contributed by atoms with van der Waals surface area (Å²) in [7, 11) is 0. The Morgan fingerprint density at radius 2 is 2.05 bits per heavy atom. The molecule has 1 unspecified atom stereocenters. The number of hydrogen-bond acceptors (Lipinski definition) is 3. The van der Waals surface area contributed by atoms with Gasteiger partial charge in [0.15, 0.2) is 0 Å². The minimum atomic E-state index is 0.302. The molecule has 0 radical (unpaired) electrons. The van der Waals surface area contributed by atoms with Crippen molar-refractivity contribution in [1.29, 1.82) is 0 Å². The van der Waals surface area contributed by atoms with Crippen molar-refractivity contribution in [3.63, 3.8) is 0 Å². The Morgan fingerprint density at radius 3 is 2.67 bits per heavy atom. The molecule has 21 heavy (non-hydrogen) atoms. The lowest BCUT2D eigenvalue weighted by Gasteiger charge is -2.12. The van der Waals surface area contributed by atoms with E-state index in [0.29, 0.717) is 6.04 Å². The number of aromatic nitrogens is 2. The number of nitrogens with one attached hydrogen (secondary N) is 1. The molecule has 0 aliphatic rings. The molecule has 0 amide bonds. The Labute approximate surface area is 133 Å². The minimum Gasteiger partial charge on any atom is -0.306 e. The highest BCUT2D eigenvalue weighted by Gasteiger charge is 2.07. The van der Waals surface area contributed by atoms with Crippen LogP contribution in [0.5, 0.6) is 0 Å².